The van der Waals surface area contributed by atoms with Crippen LogP contribution in [-0.2, 0) is 0 Å². The van der Waals surface area contributed by atoms with Crippen LogP contribution in [0.1, 0.15) is 19.3 Å². The standard InChI is InChI=1S/C13H28N4/c1-16-6-3-11(4-7-16)13(14)9-12-10-15-5-8-17(12)2/h11-13,15H,3-10,14H2,1-2H3. The summed E-state index contributed by atoms with van der Waals surface area (Å²) in [5.41, 5.74) is 6.41. The van der Waals surface area contributed by atoms with Gasteiger partial charge in [-0.3, -0.25) is 0 Å². The molecular weight excluding hydrogens is 212 g/mol. The van der Waals surface area contributed by atoms with E-state index in [2.05, 4.69) is 29.2 Å². The molecule has 0 aromatic heterocycles. The Labute approximate surface area is 106 Å². The average molecular weight is 240 g/mol. The number of rotatable bonds is 3. The van der Waals surface area contributed by atoms with E-state index in [0.717, 1.165) is 32.0 Å². The largest absolute Gasteiger partial charge is 0.327 e. The fourth-order valence-electron chi connectivity index (χ4n) is 3.09. The number of piperazine rings is 1. The van der Waals surface area contributed by atoms with Gasteiger partial charge in [-0.2, -0.15) is 0 Å². The first-order chi connectivity index (χ1) is 8.16. The second-order valence-corrected chi connectivity index (χ2v) is 5.88. The monoisotopic (exact) mass is 240 g/mol. The van der Waals surface area contributed by atoms with Gasteiger partial charge in [0, 0.05) is 31.7 Å². The SMILES string of the molecule is CN1CCC(C(N)CC2CNCCN2C)CC1. The second kappa shape index (κ2) is 6.14. The second-order valence-electron chi connectivity index (χ2n) is 5.88. The maximum atomic E-state index is 6.41. The summed E-state index contributed by atoms with van der Waals surface area (Å²) in [5, 5.41) is 3.48. The minimum absolute atomic E-state index is 0.385. The molecule has 0 aromatic carbocycles. The summed E-state index contributed by atoms with van der Waals surface area (Å²) < 4.78 is 0. The molecule has 2 aliphatic rings. The van der Waals surface area contributed by atoms with E-state index in [-0.39, 0.29) is 0 Å². The van der Waals surface area contributed by atoms with Crippen molar-refractivity contribution in [3.8, 4) is 0 Å². The van der Waals surface area contributed by atoms with Gasteiger partial charge in [-0.1, -0.05) is 0 Å². The van der Waals surface area contributed by atoms with Gasteiger partial charge in [0.25, 0.3) is 0 Å². The van der Waals surface area contributed by atoms with Crippen LogP contribution in [0.2, 0.25) is 0 Å². The van der Waals surface area contributed by atoms with Crippen LogP contribution in [0.25, 0.3) is 0 Å². The van der Waals surface area contributed by atoms with Crippen LogP contribution in [0.4, 0.5) is 0 Å². The summed E-state index contributed by atoms with van der Waals surface area (Å²) in [7, 11) is 4.44. The smallest absolute Gasteiger partial charge is 0.0232 e. The lowest BCUT2D eigenvalue weighted by atomic mass is 9.86. The molecule has 100 valence electrons. The summed E-state index contributed by atoms with van der Waals surface area (Å²) in [6, 6.07) is 1.02. The zero-order chi connectivity index (χ0) is 12.3. The molecule has 2 saturated heterocycles. The highest BCUT2D eigenvalue weighted by Crippen LogP contribution is 2.22. The van der Waals surface area contributed by atoms with E-state index in [1.807, 2.05) is 0 Å². The molecule has 2 fully saturated rings. The molecule has 0 amide bonds. The average Bonchev–Trinajstić information content (AvgIpc) is 2.33. The van der Waals surface area contributed by atoms with Crippen molar-refractivity contribution in [2.24, 2.45) is 11.7 Å². The van der Waals surface area contributed by atoms with Crippen LogP contribution in [0.15, 0.2) is 0 Å². The predicted octanol–water partition coefficient (Wildman–Crippen LogP) is -0.0508. The van der Waals surface area contributed by atoms with Gasteiger partial charge in [-0.25, -0.2) is 0 Å². The van der Waals surface area contributed by atoms with Crippen LogP contribution >= 0.6 is 0 Å². The van der Waals surface area contributed by atoms with E-state index in [0.29, 0.717) is 12.1 Å². The Morgan fingerprint density at radius 3 is 2.59 bits per heavy atom. The molecule has 4 nitrogen and oxygen atoms in total. The maximum Gasteiger partial charge on any atom is 0.0232 e. The van der Waals surface area contributed by atoms with E-state index in [1.54, 1.807) is 0 Å². The fraction of sp³-hybridized carbons (Fsp3) is 1.00. The lowest BCUT2D eigenvalue weighted by Gasteiger charge is -2.38. The zero-order valence-electron chi connectivity index (χ0n) is 11.4. The molecule has 2 rings (SSSR count). The molecule has 0 aromatic rings. The molecule has 4 heteroatoms. The molecule has 0 spiro atoms. The molecule has 2 aliphatic heterocycles. The van der Waals surface area contributed by atoms with Crippen LogP contribution in [0, 0.1) is 5.92 Å². The van der Waals surface area contributed by atoms with E-state index < -0.39 is 0 Å². The molecule has 0 aliphatic carbocycles. The van der Waals surface area contributed by atoms with E-state index in [4.69, 9.17) is 5.73 Å². The van der Waals surface area contributed by atoms with Gasteiger partial charge in [0.1, 0.15) is 0 Å². The third-order valence-electron chi connectivity index (χ3n) is 4.56. The highest BCUT2D eigenvalue weighted by Gasteiger charge is 2.27. The highest BCUT2D eigenvalue weighted by atomic mass is 15.2. The number of hydrogen-bond donors (Lipinski definition) is 2. The van der Waals surface area contributed by atoms with Gasteiger partial charge in [0.05, 0.1) is 0 Å². The number of nitrogens with zero attached hydrogens (tertiary/aromatic N) is 2. The molecule has 3 N–H and O–H groups in total. The number of piperidine rings is 1. The minimum atomic E-state index is 0.385. The Bertz CT molecular complexity index is 225. The number of hydrogen-bond acceptors (Lipinski definition) is 4. The van der Waals surface area contributed by atoms with E-state index >= 15 is 0 Å². The number of likely N-dealkylation sites (N-methyl/N-ethyl adjacent to an activating group) is 1. The Morgan fingerprint density at radius 2 is 1.94 bits per heavy atom. The zero-order valence-corrected chi connectivity index (χ0v) is 11.4. The van der Waals surface area contributed by atoms with Gasteiger partial charge in [0.2, 0.25) is 0 Å². The first kappa shape index (κ1) is 13.3. The first-order valence-corrected chi connectivity index (χ1v) is 7.02. The fourth-order valence-corrected chi connectivity index (χ4v) is 3.09. The quantitative estimate of drug-likeness (QED) is 0.726. The van der Waals surface area contributed by atoms with Crippen molar-refractivity contribution < 1.29 is 0 Å². The van der Waals surface area contributed by atoms with Crippen molar-refractivity contribution in [1.82, 2.24) is 15.1 Å². The molecule has 17 heavy (non-hydrogen) atoms. The van der Waals surface area contributed by atoms with Crippen molar-refractivity contribution >= 4 is 0 Å². The summed E-state index contributed by atoms with van der Waals surface area (Å²) in [5.74, 6) is 0.738. The van der Waals surface area contributed by atoms with Crippen LogP contribution in [0.5, 0.6) is 0 Å². The number of nitrogens with one attached hydrogen (secondary N) is 1. The summed E-state index contributed by atoms with van der Waals surface area (Å²) in [6.45, 7) is 5.83. The third kappa shape index (κ3) is 3.65. The van der Waals surface area contributed by atoms with Crippen molar-refractivity contribution in [2.45, 2.75) is 31.3 Å². The van der Waals surface area contributed by atoms with Gasteiger partial charge >= 0.3 is 0 Å². The Kier molecular flexibility index (Phi) is 4.79. The van der Waals surface area contributed by atoms with Crippen molar-refractivity contribution in [3.63, 3.8) is 0 Å². The van der Waals surface area contributed by atoms with Crippen molar-refractivity contribution in [3.05, 3.63) is 0 Å². The van der Waals surface area contributed by atoms with Crippen LogP contribution < -0.4 is 11.1 Å². The van der Waals surface area contributed by atoms with Crippen molar-refractivity contribution in [1.29, 1.82) is 0 Å². The minimum Gasteiger partial charge on any atom is -0.327 e. The molecule has 0 bridgehead atoms. The lowest BCUT2D eigenvalue weighted by molar-refractivity contribution is 0.147. The molecule has 0 radical (unpaired) electrons. The van der Waals surface area contributed by atoms with E-state index in [1.165, 1.54) is 25.9 Å². The molecular formula is C13H28N4. The molecule has 2 unspecified atom stereocenters. The topological polar surface area (TPSA) is 44.5 Å². The van der Waals surface area contributed by atoms with Crippen molar-refractivity contribution in [2.75, 3.05) is 46.8 Å². The predicted molar refractivity (Wildman–Crippen MR) is 72.1 cm³/mol. The van der Waals surface area contributed by atoms with Gasteiger partial charge < -0.3 is 20.9 Å². The molecule has 2 heterocycles. The lowest BCUT2D eigenvalue weighted by Crippen LogP contribution is -2.52. The van der Waals surface area contributed by atoms with E-state index in [9.17, 15) is 0 Å². The van der Waals surface area contributed by atoms with Gasteiger partial charge in [-0.05, 0) is 52.4 Å². The molecule has 0 saturated carbocycles. The summed E-state index contributed by atoms with van der Waals surface area (Å²) >= 11 is 0. The number of nitrogens with two attached hydrogens (primary N) is 1. The Hall–Kier alpha value is -0.160. The normalized spacial score (nSPS) is 31.6. The first-order valence-electron chi connectivity index (χ1n) is 7.02. The highest BCUT2D eigenvalue weighted by molar-refractivity contribution is 4.86. The van der Waals surface area contributed by atoms with Gasteiger partial charge in [-0.15, -0.1) is 0 Å². The van der Waals surface area contributed by atoms with Gasteiger partial charge in [0.15, 0.2) is 0 Å². The molecule has 2 atom stereocenters. The Balaban J connectivity index is 1.77. The number of likely N-dealkylation sites (tertiary alicyclic amines) is 1. The maximum absolute atomic E-state index is 6.41. The Morgan fingerprint density at radius 1 is 1.24 bits per heavy atom. The third-order valence-corrected chi connectivity index (χ3v) is 4.56. The van der Waals surface area contributed by atoms with Crippen LogP contribution in [0.3, 0.4) is 0 Å². The van der Waals surface area contributed by atoms with Crippen LogP contribution in [-0.4, -0.2) is 68.7 Å². The summed E-state index contributed by atoms with van der Waals surface area (Å²) in [6.07, 6.45) is 3.71. The summed E-state index contributed by atoms with van der Waals surface area (Å²) in [4.78, 5) is 4.88.